The molecule has 1 aromatic carbocycles. The van der Waals surface area contributed by atoms with Gasteiger partial charge in [-0.05, 0) is 38.5 Å². The Hall–Kier alpha value is -2.28. The van der Waals surface area contributed by atoms with Gasteiger partial charge in [0.1, 0.15) is 5.01 Å². The van der Waals surface area contributed by atoms with Crippen molar-refractivity contribution in [2.24, 2.45) is 0 Å². The zero-order valence-electron chi connectivity index (χ0n) is 12.7. The number of carbonyl (C=O) groups excluding carboxylic acids is 2. The Labute approximate surface area is 133 Å². The highest BCUT2D eigenvalue weighted by atomic mass is 32.1. The van der Waals surface area contributed by atoms with Crippen LogP contribution >= 0.6 is 11.3 Å². The van der Waals surface area contributed by atoms with Crippen LogP contribution in [0.3, 0.4) is 0 Å². The summed E-state index contributed by atoms with van der Waals surface area (Å²) in [5.41, 5.74) is 1.06. The van der Waals surface area contributed by atoms with E-state index in [0.717, 1.165) is 11.4 Å². The summed E-state index contributed by atoms with van der Waals surface area (Å²) < 4.78 is 0. The van der Waals surface area contributed by atoms with Gasteiger partial charge < -0.3 is 10.6 Å². The number of anilines is 1. The molecule has 6 nitrogen and oxygen atoms in total. The molecule has 1 aromatic heterocycles. The van der Waals surface area contributed by atoms with Gasteiger partial charge >= 0.3 is 0 Å². The number of nitrogens with one attached hydrogen (secondary N) is 2. The molecular weight excluding hydrogens is 300 g/mol. The first-order valence-corrected chi connectivity index (χ1v) is 7.83. The van der Waals surface area contributed by atoms with E-state index in [1.807, 2.05) is 13.8 Å². The fraction of sp³-hybridized carbons (Fsp3) is 0.333. The minimum atomic E-state index is -0.329. The molecular formula is C15H18N4O2S. The van der Waals surface area contributed by atoms with Gasteiger partial charge in [-0.25, -0.2) is 0 Å². The molecule has 0 aliphatic carbocycles. The van der Waals surface area contributed by atoms with Crippen molar-refractivity contribution in [3.8, 4) is 0 Å². The lowest BCUT2D eigenvalue weighted by Gasteiger charge is -2.12. The molecule has 0 aliphatic heterocycles. The lowest BCUT2D eigenvalue weighted by atomic mass is 10.1. The van der Waals surface area contributed by atoms with E-state index in [1.165, 1.54) is 11.3 Å². The van der Waals surface area contributed by atoms with E-state index in [4.69, 9.17) is 0 Å². The highest BCUT2D eigenvalue weighted by Crippen LogP contribution is 2.14. The first-order valence-electron chi connectivity index (χ1n) is 7.02. The molecule has 0 bridgehead atoms. The van der Waals surface area contributed by atoms with Gasteiger partial charge in [-0.15, -0.1) is 10.2 Å². The topological polar surface area (TPSA) is 84.0 Å². The van der Waals surface area contributed by atoms with Gasteiger partial charge in [0.2, 0.25) is 5.01 Å². The van der Waals surface area contributed by atoms with Crippen molar-refractivity contribution in [3.05, 3.63) is 39.8 Å². The number of aryl methyl sites for hydroxylation is 1. The summed E-state index contributed by atoms with van der Waals surface area (Å²) in [4.78, 5) is 24.1. The summed E-state index contributed by atoms with van der Waals surface area (Å²) in [6.07, 6.45) is 0.860. The first kappa shape index (κ1) is 16.1. The van der Waals surface area contributed by atoms with Crippen LogP contribution in [0, 0.1) is 6.92 Å². The monoisotopic (exact) mass is 318 g/mol. The Morgan fingerprint density at radius 1 is 1.27 bits per heavy atom. The SMILES string of the molecule is CC[C@@H](C)NC(=O)c1cccc(NC(=O)c2nnc(C)s2)c1. The molecule has 0 aliphatic rings. The smallest absolute Gasteiger partial charge is 0.286 e. The molecule has 116 valence electrons. The lowest BCUT2D eigenvalue weighted by Crippen LogP contribution is -2.31. The number of hydrogen-bond acceptors (Lipinski definition) is 5. The third-order valence-corrected chi connectivity index (χ3v) is 3.93. The molecule has 1 heterocycles. The lowest BCUT2D eigenvalue weighted by molar-refractivity contribution is 0.0938. The van der Waals surface area contributed by atoms with Crippen molar-refractivity contribution < 1.29 is 9.59 Å². The van der Waals surface area contributed by atoms with Gasteiger partial charge in [-0.2, -0.15) is 0 Å². The Kier molecular flexibility index (Phi) is 5.21. The van der Waals surface area contributed by atoms with Crippen LogP contribution in [0.25, 0.3) is 0 Å². The third-order valence-electron chi connectivity index (χ3n) is 3.09. The average Bonchev–Trinajstić information content (AvgIpc) is 2.94. The van der Waals surface area contributed by atoms with Gasteiger partial charge in [0, 0.05) is 17.3 Å². The zero-order valence-corrected chi connectivity index (χ0v) is 13.5. The van der Waals surface area contributed by atoms with Crippen LogP contribution in [-0.2, 0) is 0 Å². The van der Waals surface area contributed by atoms with Gasteiger partial charge in [0.05, 0.1) is 0 Å². The van der Waals surface area contributed by atoms with Crippen molar-refractivity contribution in [2.75, 3.05) is 5.32 Å². The van der Waals surface area contributed by atoms with Crippen LogP contribution in [-0.4, -0.2) is 28.1 Å². The normalized spacial score (nSPS) is 11.8. The fourth-order valence-electron chi connectivity index (χ4n) is 1.72. The number of amides is 2. The third kappa shape index (κ3) is 4.11. The molecule has 2 amide bonds. The van der Waals surface area contributed by atoms with E-state index in [0.29, 0.717) is 16.3 Å². The summed E-state index contributed by atoms with van der Waals surface area (Å²) in [6.45, 7) is 5.74. The molecule has 0 radical (unpaired) electrons. The van der Waals surface area contributed by atoms with Crippen LogP contribution in [0.1, 0.15) is 45.4 Å². The summed E-state index contributed by atoms with van der Waals surface area (Å²) in [6, 6.07) is 6.92. The number of aromatic nitrogens is 2. The van der Waals surface area contributed by atoms with E-state index in [1.54, 1.807) is 31.2 Å². The Morgan fingerprint density at radius 3 is 2.68 bits per heavy atom. The van der Waals surface area contributed by atoms with E-state index in [-0.39, 0.29) is 17.9 Å². The van der Waals surface area contributed by atoms with E-state index < -0.39 is 0 Å². The van der Waals surface area contributed by atoms with Crippen LogP contribution in [0.4, 0.5) is 5.69 Å². The van der Waals surface area contributed by atoms with Gasteiger partial charge in [0.15, 0.2) is 0 Å². The molecule has 1 atom stereocenters. The average molecular weight is 318 g/mol. The molecule has 0 saturated heterocycles. The second kappa shape index (κ2) is 7.13. The molecule has 2 rings (SSSR count). The van der Waals surface area contributed by atoms with Gasteiger partial charge in [-0.1, -0.05) is 24.3 Å². The van der Waals surface area contributed by atoms with Crippen LogP contribution in [0.5, 0.6) is 0 Å². The maximum Gasteiger partial charge on any atom is 0.286 e. The van der Waals surface area contributed by atoms with E-state index in [9.17, 15) is 9.59 Å². The predicted octanol–water partition coefficient (Wildman–Crippen LogP) is 2.63. The fourth-order valence-corrected chi connectivity index (χ4v) is 2.31. The summed E-state index contributed by atoms with van der Waals surface area (Å²) in [7, 11) is 0. The van der Waals surface area contributed by atoms with Gasteiger partial charge in [-0.3, -0.25) is 9.59 Å². The van der Waals surface area contributed by atoms with E-state index >= 15 is 0 Å². The van der Waals surface area contributed by atoms with Crippen molar-refractivity contribution in [2.45, 2.75) is 33.2 Å². The molecule has 0 fully saturated rings. The minimum Gasteiger partial charge on any atom is -0.350 e. The quantitative estimate of drug-likeness (QED) is 0.887. The Balaban J connectivity index is 2.08. The highest BCUT2D eigenvalue weighted by molar-refractivity contribution is 7.13. The molecule has 2 N–H and O–H groups in total. The first-order chi connectivity index (χ1) is 10.5. The van der Waals surface area contributed by atoms with Crippen LogP contribution in [0.2, 0.25) is 0 Å². The second-order valence-corrected chi connectivity index (χ2v) is 6.13. The van der Waals surface area contributed by atoms with Gasteiger partial charge in [0.25, 0.3) is 11.8 Å². The molecule has 7 heteroatoms. The number of rotatable bonds is 5. The Morgan fingerprint density at radius 2 is 2.05 bits per heavy atom. The summed E-state index contributed by atoms with van der Waals surface area (Å²) in [5, 5.41) is 14.2. The second-order valence-electron chi connectivity index (χ2n) is 4.94. The zero-order chi connectivity index (χ0) is 16.1. The van der Waals surface area contributed by atoms with Crippen LogP contribution < -0.4 is 10.6 Å². The predicted molar refractivity (Wildman–Crippen MR) is 86.3 cm³/mol. The van der Waals surface area contributed by atoms with Crippen LogP contribution in [0.15, 0.2) is 24.3 Å². The maximum atomic E-state index is 12.1. The van der Waals surface area contributed by atoms with Crippen molar-refractivity contribution in [1.29, 1.82) is 0 Å². The molecule has 22 heavy (non-hydrogen) atoms. The van der Waals surface area contributed by atoms with Crippen molar-refractivity contribution in [1.82, 2.24) is 15.5 Å². The summed E-state index contributed by atoms with van der Waals surface area (Å²) in [5.74, 6) is -0.484. The minimum absolute atomic E-state index is 0.107. The molecule has 2 aromatic rings. The highest BCUT2D eigenvalue weighted by Gasteiger charge is 2.13. The molecule has 0 spiro atoms. The van der Waals surface area contributed by atoms with Crippen molar-refractivity contribution in [3.63, 3.8) is 0 Å². The largest absolute Gasteiger partial charge is 0.350 e. The summed E-state index contributed by atoms with van der Waals surface area (Å²) >= 11 is 1.22. The molecule has 0 unspecified atom stereocenters. The standard InChI is InChI=1S/C15H18N4O2S/c1-4-9(2)16-13(20)11-6-5-7-12(8-11)17-14(21)15-19-18-10(3)22-15/h5-9H,4H2,1-3H3,(H,16,20)(H,17,21)/t9-/m1/s1. The number of carbonyl (C=O) groups is 2. The number of nitrogens with zero attached hydrogens (tertiary/aromatic N) is 2. The maximum absolute atomic E-state index is 12.1. The molecule has 0 saturated carbocycles. The van der Waals surface area contributed by atoms with E-state index in [2.05, 4.69) is 20.8 Å². The number of benzene rings is 1. The Bertz CT molecular complexity index is 684. The number of hydrogen-bond donors (Lipinski definition) is 2. The van der Waals surface area contributed by atoms with Crippen molar-refractivity contribution >= 4 is 28.8 Å².